The van der Waals surface area contributed by atoms with E-state index in [2.05, 4.69) is 0 Å². The summed E-state index contributed by atoms with van der Waals surface area (Å²) in [6.07, 6.45) is 1.62. The minimum absolute atomic E-state index is 0.166. The molecule has 1 aliphatic rings. The number of esters is 1. The zero-order valence-electron chi connectivity index (χ0n) is 18.0. The Morgan fingerprint density at radius 3 is 2.65 bits per heavy atom. The number of nitrogens with zero attached hydrogens (tertiary/aromatic N) is 1. The summed E-state index contributed by atoms with van der Waals surface area (Å²) in [6.45, 7) is 1.58. The van der Waals surface area contributed by atoms with Gasteiger partial charge in [-0.25, -0.2) is 0 Å². The quantitative estimate of drug-likeness (QED) is 0.270. The lowest BCUT2D eigenvalue weighted by Crippen LogP contribution is -2.34. The zero-order valence-corrected chi connectivity index (χ0v) is 20.4. The van der Waals surface area contributed by atoms with Gasteiger partial charge in [0.15, 0.2) is 0 Å². The van der Waals surface area contributed by atoms with E-state index >= 15 is 0 Å². The van der Waals surface area contributed by atoms with Crippen LogP contribution in [0, 0.1) is 0 Å². The van der Waals surface area contributed by atoms with Gasteiger partial charge >= 0.3 is 5.97 Å². The first-order chi connectivity index (χ1) is 16.4. The van der Waals surface area contributed by atoms with Crippen molar-refractivity contribution in [3.8, 4) is 5.75 Å². The Balaban J connectivity index is 1.68. The van der Waals surface area contributed by atoms with Crippen molar-refractivity contribution in [1.82, 2.24) is 4.90 Å². The first kappa shape index (κ1) is 24.1. The molecule has 0 bridgehead atoms. The fourth-order valence-electron chi connectivity index (χ4n) is 3.45. The van der Waals surface area contributed by atoms with E-state index in [1.54, 1.807) is 37.3 Å². The van der Waals surface area contributed by atoms with Crippen molar-refractivity contribution in [3.05, 3.63) is 80.7 Å². The number of carbonyl (C=O) groups excluding carboxylic acids is 3. The van der Waals surface area contributed by atoms with E-state index < -0.39 is 23.7 Å². The summed E-state index contributed by atoms with van der Waals surface area (Å²) in [7, 11) is 0. The summed E-state index contributed by atoms with van der Waals surface area (Å²) in [5.74, 6) is -0.676. The smallest absolute Gasteiger partial charge is 0.326 e. The molecule has 0 radical (unpaired) electrons. The SMILES string of the molecule is CCOC(=O)CN1C(=O)S/C(=C/c2c(OCc3ccc(Cl)cc3Cl)ccc3ccccc23)C1=O. The van der Waals surface area contributed by atoms with E-state index in [1.807, 2.05) is 30.3 Å². The van der Waals surface area contributed by atoms with Gasteiger partial charge < -0.3 is 9.47 Å². The number of benzene rings is 3. The Morgan fingerprint density at radius 2 is 1.88 bits per heavy atom. The first-order valence-corrected chi connectivity index (χ1v) is 11.9. The molecule has 3 aromatic carbocycles. The Morgan fingerprint density at radius 1 is 1.09 bits per heavy atom. The standard InChI is InChI=1S/C25H19Cl2NO5S/c1-2-32-23(29)13-28-24(30)22(34-25(28)31)12-19-18-6-4-3-5-15(18)8-10-21(19)33-14-16-7-9-17(26)11-20(16)27/h3-12H,2,13-14H2,1H3/b22-12+. The minimum atomic E-state index is -0.639. The number of halogens is 2. The molecule has 174 valence electrons. The summed E-state index contributed by atoms with van der Waals surface area (Å²) in [5, 5.41) is 2.27. The molecule has 3 aromatic rings. The van der Waals surface area contributed by atoms with Crippen LogP contribution >= 0.6 is 35.0 Å². The van der Waals surface area contributed by atoms with Gasteiger partial charge in [0.05, 0.1) is 11.5 Å². The maximum absolute atomic E-state index is 12.9. The van der Waals surface area contributed by atoms with E-state index in [0.717, 1.165) is 33.0 Å². The summed E-state index contributed by atoms with van der Waals surface area (Å²) in [5.41, 5.74) is 1.39. The van der Waals surface area contributed by atoms with Crippen LogP contribution in [0.3, 0.4) is 0 Å². The highest BCUT2D eigenvalue weighted by atomic mass is 35.5. The van der Waals surface area contributed by atoms with Crippen LogP contribution in [0.5, 0.6) is 5.75 Å². The third-order valence-corrected chi connectivity index (χ3v) is 6.56. The number of ether oxygens (including phenoxy) is 2. The molecular formula is C25H19Cl2NO5S. The van der Waals surface area contributed by atoms with Crippen LogP contribution in [0.1, 0.15) is 18.1 Å². The van der Waals surface area contributed by atoms with E-state index in [1.165, 1.54) is 0 Å². The summed E-state index contributed by atoms with van der Waals surface area (Å²) >= 11 is 13.0. The Bertz CT molecular complexity index is 1320. The first-order valence-electron chi connectivity index (χ1n) is 10.4. The van der Waals surface area contributed by atoms with Gasteiger partial charge in [-0.05, 0) is 53.7 Å². The topological polar surface area (TPSA) is 72.9 Å². The summed E-state index contributed by atoms with van der Waals surface area (Å²) in [6, 6.07) is 16.5. The van der Waals surface area contributed by atoms with Gasteiger partial charge in [0.1, 0.15) is 18.9 Å². The normalized spacial score (nSPS) is 14.8. The van der Waals surface area contributed by atoms with Gasteiger partial charge in [0.2, 0.25) is 0 Å². The van der Waals surface area contributed by atoms with Crippen molar-refractivity contribution in [2.75, 3.05) is 13.2 Å². The minimum Gasteiger partial charge on any atom is -0.488 e. The summed E-state index contributed by atoms with van der Waals surface area (Å²) < 4.78 is 11.0. The number of thioether (sulfide) groups is 1. The molecule has 0 aromatic heterocycles. The second kappa shape index (κ2) is 10.5. The van der Waals surface area contributed by atoms with E-state index in [-0.39, 0.29) is 18.1 Å². The van der Waals surface area contributed by atoms with Crippen LogP contribution in [0.4, 0.5) is 4.79 Å². The van der Waals surface area contributed by atoms with Crippen molar-refractivity contribution in [1.29, 1.82) is 0 Å². The van der Waals surface area contributed by atoms with Crippen LogP contribution < -0.4 is 4.74 Å². The van der Waals surface area contributed by atoms with Gasteiger partial charge in [-0.2, -0.15) is 0 Å². The highest BCUT2D eigenvalue weighted by Gasteiger charge is 2.37. The molecule has 0 saturated carbocycles. The number of hydrogen-bond donors (Lipinski definition) is 0. The highest BCUT2D eigenvalue weighted by molar-refractivity contribution is 8.18. The van der Waals surface area contributed by atoms with Gasteiger partial charge in [0.25, 0.3) is 11.1 Å². The Labute approximate surface area is 210 Å². The maximum atomic E-state index is 12.9. The van der Waals surface area contributed by atoms with Gasteiger partial charge in [-0.3, -0.25) is 19.3 Å². The second-order valence-electron chi connectivity index (χ2n) is 7.30. The fraction of sp³-hybridized carbons (Fsp3) is 0.160. The number of imide groups is 1. The molecule has 0 atom stereocenters. The van der Waals surface area contributed by atoms with Crippen LogP contribution in [0.15, 0.2) is 59.5 Å². The molecule has 0 unspecified atom stereocenters. The fourth-order valence-corrected chi connectivity index (χ4v) is 4.73. The maximum Gasteiger partial charge on any atom is 0.326 e. The molecule has 1 saturated heterocycles. The number of hydrogen-bond acceptors (Lipinski definition) is 6. The van der Waals surface area contributed by atoms with Crippen molar-refractivity contribution in [2.24, 2.45) is 0 Å². The zero-order chi connectivity index (χ0) is 24.2. The largest absolute Gasteiger partial charge is 0.488 e. The lowest BCUT2D eigenvalue weighted by Gasteiger charge is -2.14. The van der Waals surface area contributed by atoms with Crippen LogP contribution in [0.2, 0.25) is 10.0 Å². The van der Waals surface area contributed by atoms with Gasteiger partial charge in [-0.15, -0.1) is 0 Å². The molecular weight excluding hydrogens is 497 g/mol. The monoisotopic (exact) mass is 515 g/mol. The second-order valence-corrected chi connectivity index (χ2v) is 9.13. The van der Waals surface area contributed by atoms with E-state index in [4.69, 9.17) is 32.7 Å². The predicted molar refractivity (Wildman–Crippen MR) is 134 cm³/mol. The average Bonchev–Trinajstić information content (AvgIpc) is 3.07. The van der Waals surface area contributed by atoms with Crippen molar-refractivity contribution >= 4 is 68.9 Å². The number of fused-ring (bicyclic) bond motifs is 1. The predicted octanol–water partition coefficient (Wildman–Crippen LogP) is 6.33. The average molecular weight is 516 g/mol. The molecule has 4 rings (SSSR count). The highest BCUT2D eigenvalue weighted by Crippen LogP contribution is 2.37. The number of rotatable bonds is 7. The Kier molecular flexibility index (Phi) is 7.46. The van der Waals surface area contributed by atoms with E-state index in [0.29, 0.717) is 21.4 Å². The molecule has 2 amide bonds. The molecule has 34 heavy (non-hydrogen) atoms. The van der Waals surface area contributed by atoms with Gasteiger partial charge in [0, 0.05) is 21.2 Å². The number of amides is 2. The molecule has 0 aliphatic carbocycles. The molecule has 1 fully saturated rings. The van der Waals surface area contributed by atoms with Crippen LogP contribution in [-0.2, 0) is 20.9 Å². The molecule has 1 aliphatic heterocycles. The lowest BCUT2D eigenvalue weighted by atomic mass is 10.0. The van der Waals surface area contributed by atoms with Crippen molar-refractivity contribution < 1.29 is 23.9 Å². The molecule has 1 heterocycles. The molecule has 9 heteroatoms. The van der Waals surface area contributed by atoms with E-state index in [9.17, 15) is 14.4 Å². The summed E-state index contributed by atoms with van der Waals surface area (Å²) in [4.78, 5) is 38.2. The van der Waals surface area contributed by atoms with Gasteiger partial charge in [-0.1, -0.05) is 59.6 Å². The van der Waals surface area contributed by atoms with Crippen molar-refractivity contribution in [3.63, 3.8) is 0 Å². The van der Waals surface area contributed by atoms with Crippen LogP contribution in [-0.4, -0.2) is 35.2 Å². The third-order valence-electron chi connectivity index (χ3n) is 5.07. The lowest BCUT2D eigenvalue weighted by molar-refractivity contribution is -0.145. The Hall–Kier alpha value is -3.00. The van der Waals surface area contributed by atoms with Crippen LogP contribution in [0.25, 0.3) is 16.8 Å². The van der Waals surface area contributed by atoms with Crippen molar-refractivity contribution in [2.45, 2.75) is 13.5 Å². The molecule has 0 N–H and O–H groups in total. The molecule has 6 nitrogen and oxygen atoms in total. The third kappa shape index (κ3) is 5.22. The number of carbonyl (C=O) groups is 3. The molecule has 0 spiro atoms.